The highest BCUT2D eigenvalue weighted by Crippen LogP contribution is 2.43. The summed E-state index contributed by atoms with van der Waals surface area (Å²) in [5.41, 5.74) is 16.6. The number of halogens is 1. The standard InChI is InChI=1S/C15H25BrN2O/c1-8-9(2)13(19-6)11(10(3)12(8)16)14(18)15(4,5)7-17/h14H,7,17-18H2,1-6H3. The number of nitrogens with two attached hydrogens (primary N) is 2. The van der Waals surface area contributed by atoms with Crippen LogP contribution in [0.1, 0.15) is 42.1 Å². The third-order valence-corrected chi connectivity index (χ3v) is 5.28. The molecular formula is C15H25BrN2O. The Balaban J connectivity index is 3.59. The van der Waals surface area contributed by atoms with Crippen molar-refractivity contribution in [1.82, 2.24) is 0 Å². The van der Waals surface area contributed by atoms with Crippen LogP contribution in [0, 0.1) is 26.2 Å². The summed E-state index contributed by atoms with van der Waals surface area (Å²) in [5.74, 6) is 0.882. The van der Waals surface area contributed by atoms with E-state index < -0.39 is 0 Å². The Hall–Kier alpha value is -0.580. The molecule has 0 aromatic heterocycles. The largest absolute Gasteiger partial charge is 0.496 e. The van der Waals surface area contributed by atoms with Crippen molar-refractivity contribution in [2.75, 3.05) is 13.7 Å². The molecular weight excluding hydrogens is 304 g/mol. The van der Waals surface area contributed by atoms with Crippen LogP contribution in [0.25, 0.3) is 0 Å². The van der Waals surface area contributed by atoms with Gasteiger partial charge in [-0.05, 0) is 49.4 Å². The van der Waals surface area contributed by atoms with Crippen molar-refractivity contribution in [2.24, 2.45) is 16.9 Å². The van der Waals surface area contributed by atoms with Crippen LogP contribution in [-0.2, 0) is 0 Å². The molecule has 4 heteroatoms. The molecule has 0 bridgehead atoms. The molecule has 0 aliphatic rings. The molecule has 0 amide bonds. The number of hydrogen-bond acceptors (Lipinski definition) is 3. The molecule has 3 nitrogen and oxygen atoms in total. The van der Waals surface area contributed by atoms with E-state index in [1.807, 2.05) is 0 Å². The van der Waals surface area contributed by atoms with Crippen LogP contribution in [0.2, 0.25) is 0 Å². The second-order valence-corrected chi connectivity index (χ2v) is 6.60. The minimum absolute atomic E-state index is 0.164. The zero-order chi connectivity index (χ0) is 15.0. The van der Waals surface area contributed by atoms with Crippen LogP contribution in [0.5, 0.6) is 5.75 Å². The molecule has 1 atom stereocenters. The van der Waals surface area contributed by atoms with Gasteiger partial charge in [-0.1, -0.05) is 29.8 Å². The van der Waals surface area contributed by atoms with Gasteiger partial charge in [0.1, 0.15) is 5.75 Å². The van der Waals surface area contributed by atoms with E-state index in [1.165, 1.54) is 5.56 Å². The van der Waals surface area contributed by atoms with E-state index in [4.69, 9.17) is 16.2 Å². The predicted octanol–water partition coefficient (Wildman–Crippen LogP) is 3.37. The highest BCUT2D eigenvalue weighted by Gasteiger charge is 2.31. The lowest BCUT2D eigenvalue weighted by molar-refractivity contribution is 0.290. The Kier molecular flexibility index (Phi) is 5.04. The first-order chi connectivity index (χ1) is 8.68. The Morgan fingerprint density at radius 2 is 1.68 bits per heavy atom. The Labute approximate surface area is 124 Å². The summed E-state index contributed by atoms with van der Waals surface area (Å²) in [7, 11) is 1.70. The van der Waals surface area contributed by atoms with Crippen LogP contribution < -0.4 is 16.2 Å². The van der Waals surface area contributed by atoms with Crippen LogP contribution in [0.15, 0.2) is 4.47 Å². The second kappa shape index (κ2) is 5.81. The second-order valence-electron chi connectivity index (χ2n) is 5.81. The van der Waals surface area contributed by atoms with Crippen LogP contribution in [0.3, 0.4) is 0 Å². The van der Waals surface area contributed by atoms with Crippen molar-refractivity contribution >= 4 is 15.9 Å². The van der Waals surface area contributed by atoms with Gasteiger partial charge in [0, 0.05) is 16.1 Å². The Morgan fingerprint density at radius 1 is 1.16 bits per heavy atom. The van der Waals surface area contributed by atoms with Gasteiger partial charge >= 0.3 is 0 Å². The van der Waals surface area contributed by atoms with E-state index in [0.717, 1.165) is 26.9 Å². The van der Waals surface area contributed by atoms with E-state index in [1.54, 1.807) is 7.11 Å². The zero-order valence-corrected chi connectivity index (χ0v) is 14.3. The average Bonchev–Trinajstić information content (AvgIpc) is 2.39. The molecule has 4 N–H and O–H groups in total. The molecule has 19 heavy (non-hydrogen) atoms. The molecule has 1 unspecified atom stereocenters. The predicted molar refractivity (Wildman–Crippen MR) is 84.7 cm³/mol. The van der Waals surface area contributed by atoms with Crippen molar-refractivity contribution < 1.29 is 4.74 Å². The van der Waals surface area contributed by atoms with E-state index in [9.17, 15) is 0 Å². The van der Waals surface area contributed by atoms with Gasteiger partial charge in [-0.3, -0.25) is 0 Å². The first-order valence-corrected chi connectivity index (χ1v) is 7.27. The lowest BCUT2D eigenvalue weighted by Gasteiger charge is -2.33. The summed E-state index contributed by atoms with van der Waals surface area (Å²) >= 11 is 3.66. The molecule has 0 saturated heterocycles. The third kappa shape index (κ3) is 2.81. The summed E-state index contributed by atoms with van der Waals surface area (Å²) in [6.07, 6.45) is 0. The molecule has 0 aliphatic heterocycles. The van der Waals surface area contributed by atoms with Gasteiger partial charge in [0.2, 0.25) is 0 Å². The highest BCUT2D eigenvalue weighted by molar-refractivity contribution is 9.10. The quantitative estimate of drug-likeness (QED) is 0.890. The molecule has 0 spiro atoms. The SMILES string of the molecule is COc1c(C)c(C)c(Br)c(C)c1C(N)C(C)(C)CN. The van der Waals surface area contributed by atoms with Gasteiger partial charge in [-0.2, -0.15) is 0 Å². The zero-order valence-electron chi connectivity index (χ0n) is 12.7. The van der Waals surface area contributed by atoms with E-state index in [2.05, 4.69) is 50.5 Å². The molecule has 108 valence electrons. The molecule has 1 rings (SSSR count). The van der Waals surface area contributed by atoms with Crippen molar-refractivity contribution in [2.45, 2.75) is 40.7 Å². The topological polar surface area (TPSA) is 61.3 Å². The fraction of sp³-hybridized carbons (Fsp3) is 0.600. The maximum absolute atomic E-state index is 6.47. The van der Waals surface area contributed by atoms with Crippen LogP contribution >= 0.6 is 15.9 Å². The number of benzene rings is 1. The van der Waals surface area contributed by atoms with Crippen molar-refractivity contribution in [1.29, 1.82) is 0 Å². The van der Waals surface area contributed by atoms with Crippen molar-refractivity contribution in [3.8, 4) is 5.75 Å². The lowest BCUT2D eigenvalue weighted by Crippen LogP contribution is -2.36. The summed E-state index contributed by atoms with van der Waals surface area (Å²) in [4.78, 5) is 0. The minimum atomic E-state index is -0.181. The van der Waals surface area contributed by atoms with E-state index in [-0.39, 0.29) is 11.5 Å². The number of methoxy groups -OCH3 is 1. The van der Waals surface area contributed by atoms with E-state index >= 15 is 0 Å². The summed E-state index contributed by atoms with van der Waals surface area (Å²) < 4.78 is 6.71. The Bertz CT molecular complexity index is 484. The first kappa shape index (κ1) is 16.5. The molecule has 0 fully saturated rings. The lowest BCUT2D eigenvalue weighted by atomic mass is 9.78. The average molecular weight is 329 g/mol. The molecule has 0 heterocycles. The van der Waals surface area contributed by atoms with Gasteiger partial charge in [0.25, 0.3) is 0 Å². The normalized spacial score (nSPS) is 13.5. The maximum atomic E-state index is 6.47. The van der Waals surface area contributed by atoms with Gasteiger partial charge in [0.15, 0.2) is 0 Å². The van der Waals surface area contributed by atoms with Gasteiger partial charge in [-0.25, -0.2) is 0 Å². The van der Waals surface area contributed by atoms with Crippen molar-refractivity contribution in [3.05, 3.63) is 26.7 Å². The smallest absolute Gasteiger partial charge is 0.127 e. The van der Waals surface area contributed by atoms with Crippen LogP contribution in [0.4, 0.5) is 0 Å². The number of hydrogen-bond donors (Lipinski definition) is 2. The first-order valence-electron chi connectivity index (χ1n) is 6.47. The van der Waals surface area contributed by atoms with Crippen LogP contribution in [-0.4, -0.2) is 13.7 Å². The summed E-state index contributed by atoms with van der Waals surface area (Å²) in [6.45, 7) is 10.9. The van der Waals surface area contributed by atoms with Gasteiger partial charge in [0.05, 0.1) is 7.11 Å². The third-order valence-electron chi connectivity index (χ3n) is 4.09. The maximum Gasteiger partial charge on any atom is 0.127 e. The number of ether oxygens (including phenoxy) is 1. The number of rotatable bonds is 4. The molecule has 1 aromatic carbocycles. The molecule has 0 radical (unpaired) electrons. The van der Waals surface area contributed by atoms with E-state index in [0.29, 0.717) is 6.54 Å². The highest BCUT2D eigenvalue weighted by atomic mass is 79.9. The fourth-order valence-corrected chi connectivity index (χ4v) is 2.77. The molecule has 1 aromatic rings. The molecule has 0 saturated carbocycles. The summed E-state index contributed by atoms with van der Waals surface area (Å²) in [6, 6.07) is -0.164. The Morgan fingerprint density at radius 3 is 2.11 bits per heavy atom. The van der Waals surface area contributed by atoms with Gasteiger partial charge < -0.3 is 16.2 Å². The monoisotopic (exact) mass is 328 g/mol. The molecule has 0 aliphatic carbocycles. The minimum Gasteiger partial charge on any atom is -0.496 e. The van der Waals surface area contributed by atoms with Gasteiger partial charge in [-0.15, -0.1) is 0 Å². The fourth-order valence-electron chi connectivity index (χ4n) is 2.26. The summed E-state index contributed by atoms with van der Waals surface area (Å²) in [5, 5.41) is 0. The van der Waals surface area contributed by atoms with Crippen molar-refractivity contribution in [3.63, 3.8) is 0 Å².